The van der Waals surface area contributed by atoms with E-state index in [1.165, 1.54) is 36.0 Å². The van der Waals surface area contributed by atoms with Crippen molar-refractivity contribution in [3.63, 3.8) is 0 Å². The van der Waals surface area contributed by atoms with Gasteiger partial charge in [-0.2, -0.15) is 0 Å². The van der Waals surface area contributed by atoms with Gasteiger partial charge in [0.1, 0.15) is 17.7 Å². The van der Waals surface area contributed by atoms with E-state index in [9.17, 15) is 13.6 Å². The number of nitrogens with one attached hydrogen (secondary N) is 2. The summed E-state index contributed by atoms with van der Waals surface area (Å²) in [5.41, 5.74) is 0.833. The van der Waals surface area contributed by atoms with Crippen molar-refractivity contribution < 1.29 is 18.5 Å². The Morgan fingerprint density at radius 2 is 1.83 bits per heavy atom. The molecule has 0 fully saturated rings. The van der Waals surface area contributed by atoms with Crippen LogP contribution in [0.2, 0.25) is 0 Å². The lowest BCUT2D eigenvalue weighted by molar-refractivity contribution is -0.890. The normalized spacial score (nSPS) is 12.2. The highest BCUT2D eigenvalue weighted by atomic mass is 32.2. The second kappa shape index (κ2) is 9.15. The van der Waals surface area contributed by atoms with E-state index in [-0.39, 0.29) is 29.2 Å². The molecule has 1 aromatic heterocycles. The van der Waals surface area contributed by atoms with Gasteiger partial charge in [0.05, 0.1) is 25.5 Å². The number of anilines is 1. The Balaban J connectivity index is 1.82. The zero-order chi connectivity index (χ0) is 21.0. The highest BCUT2D eigenvalue weighted by molar-refractivity contribution is 7.99. The monoisotopic (exact) mass is 418 g/mol. The minimum Gasteiger partial charge on any atom is -0.331 e. The van der Waals surface area contributed by atoms with Crippen molar-refractivity contribution >= 4 is 23.4 Å². The fourth-order valence-corrected chi connectivity index (χ4v) is 3.38. The highest BCUT2D eigenvalue weighted by Crippen LogP contribution is 2.25. The summed E-state index contributed by atoms with van der Waals surface area (Å²) in [5, 5.41) is 11.6. The zero-order valence-electron chi connectivity index (χ0n) is 16.3. The smallest absolute Gasteiger partial charge is 0.234 e. The molecule has 0 unspecified atom stereocenters. The number of para-hydroxylation sites is 1. The van der Waals surface area contributed by atoms with Crippen molar-refractivity contribution in [2.24, 2.45) is 0 Å². The molecule has 9 heteroatoms. The third kappa shape index (κ3) is 4.99. The first-order chi connectivity index (χ1) is 13.9. The minimum atomic E-state index is -0.495. The van der Waals surface area contributed by atoms with E-state index in [2.05, 4.69) is 15.5 Å². The number of amides is 1. The molecule has 29 heavy (non-hydrogen) atoms. The second-order valence-electron chi connectivity index (χ2n) is 6.77. The van der Waals surface area contributed by atoms with E-state index < -0.39 is 5.82 Å². The predicted octanol–water partition coefficient (Wildman–Crippen LogP) is 2.48. The van der Waals surface area contributed by atoms with Crippen LogP contribution in [0.3, 0.4) is 0 Å². The molecule has 6 nitrogen and oxygen atoms in total. The van der Waals surface area contributed by atoms with Crippen LogP contribution in [0.4, 0.5) is 14.5 Å². The first kappa shape index (κ1) is 20.9. The third-order valence-corrected chi connectivity index (χ3v) is 5.41. The number of thioether (sulfide) groups is 1. The van der Waals surface area contributed by atoms with E-state index in [1.807, 2.05) is 25.6 Å². The molecule has 2 aromatic carbocycles. The van der Waals surface area contributed by atoms with Crippen molar-refractivity contribution in [2.45, 2.75) is 18.1 Å². The van der Waals surface area contributed by atoms with Gasteiger partial charge in [0.15, 0.2) is 11.0 Å². The number of hydrogen-bond acceptors (Lipinski definition) is 4. The molecule has 0 bridgehead atoms. The van der Waals surface area contributed by atoms with Crippen molar-refractivity contribution in [2.75, 3.05) is 25.2 Å². The summed E-state index contributed by atoms with van der Waals surface area (Å²) in [4.78, 5) is 13.4. The van der Waals surface area contributed by atoms with Gasteiger partial charge in [-0.1, -0.05) is 23.9 Å². The number of quaternary nitrogens is 1. The third-order valence-electron chi connectivity index (χ3n) is 4.48. The first-order valence-electron chi connectivity index (χ1n) is 9.05. The van der Waals surface area contributed by atoms with Gasteiger partial charge >= 0.3 is 0 Å². The highest BCUT2D eigenvalue weighted by Gasteiger charge is 2.24. The molecular weight excluding hydrogens is 396 g/mol. The molecule has 0 spiro atoms. The molecule has 0 aliphatic carbocycles. The van der Waals surface area contributed by atoms with Gasteiger partial charge in [-0.25, -0.2) is 8.78 Å². The lowest BCUT2D eigenvalue weighted by atomic mass is 10.2. The quantitative estimate of drug-likeness (QED) is 0.579. The van der Waals surface area contributed by atoms with E-state index in [0.717, 1.165) is 4.90 Å². The van der Waals surface area contributed by atoms with Crippen LogP contribution in [-0.4, -0.2) is 40.5 Å². The Labute approximate surface area is 171 Å². The van der Waals surface area contributed by atoms with Crippen molar-refractivity contribution in [1.82, 2.24) is 14.8 Å². The molecule has 1 amide bonds. The van der Waals surface area contributed by atoms with Crippen LogP contribution in [0, 0.1) is 11.6 Å². The van der Waals surface area contributed by atoms with Crippen LogP contribution in [0.5, 0.6) is 0 Å². The summed E-state index contributed by atoms with van der Waals surface area (Å²) in [5.74, 6) is -0.467. The second-order valence-corrected chi connectivity index (χ2v) is 7.71. The molecule has 2 N–H and O–H groups in total. The van der Waals surface area contributed by atoms with Crippen LogP contribution in [0.1, 0.15) is 18.8 Å². The van der Waals surface area contributed by atoms with Crippen molar-refractivity contribution in [3.05, 3.63) is 66.0 Å². The SMILES string of the molecule is C[C@@H](c1nnc(SCC(=O)Nc2ccccc2F)n1-c1ccc(F)cc1)[NH+](C)C. The number of halogens is 2. The number of carbonyl (C=O) groups excluding carboxylic acids is 1. The fraction of sp³-hybridized carbons (Fsp3) is 0.250. The molecule has 0 radical (unpaired) electrons. The molecule has 3 rings (SSSR count). The van der Waals surface area contributed by atoms with Crippen LogP contribution in [0.25, 0.3) is 5.69 Å². The van der Waals surface area contributed by atoms with E-state index in [1.54, 1.807) is 24.3 Å². The maximum absolute atomic E-state index is 13.7. The zero-order valence-corrected chi connectivity index (χ0v) is 17.1. The number of benzene rings is 2. The molecule has 1 atom stereocenters. The standard InChI is InChI=1S/C20H21F2N5OS/c1-13(26(2)3)19-24-25-20(27(19)15-10-8-14(21)9-11-15)29-12-18(28)23-17-7-5-4-6-16(17)22/h4-11,13H,12H2,1-3H3,(H,23,28)/p+1/t13-/m0/s1. The van der Waals surface area contributed by atoms with Gasteiger partial charge in [-0.05, 0) is 43.3 Å². The number of carbonyl (C=O) groups is 1. The Morgan fingerprint density at radius 1 is 1.14 bits per heavy atom. The van der Waals surface area contributed by atoms with Crippen LogP contribution >= 0.6 is 11.8 Å². The predicted molar refractivity (Wildman–Crippen MR) is 108 cm³/mol. The van der Waals surface area contributed by atoms with Crippen LogP contribution in [0.15, 0.2) is 53.7 Å². The van der Waals surface area contributed by atoms with Crippen LogP contribution in [-0.2, 0) is 4.79 Å². The summed E-state index contributed by atoms with van der Waals surface area (Å²) in [6.45, 7) is 2.01. The minimum absolute atomic E-state index is 0.0224. The lowest BCUT2D eigenvalue weighted by Gasteiger charge is -2.18. The van der Waals surface area contributed by atoms with Gasteiger partial charge in [-0.15, -0.1) is 10.2 Å². The van der Waals surface area contributed by atoms with Gasteiger partial charge in [0.2, 0.25) is 5.91 Å². The van der Waals surface area contributed by atoms with E-state index >= 15 is 0 Å². The molecule has 0 saturated heterocycles. The number of hydrogen-bond donors (Lipinski definition) is 2. The number of rotatable bonds is 7. The van der Waals surface area contributed by atoms with Gasteiger partial charge < -0.3 is 10.2 Å². The Hall–Kier alpha value is -2.78. The maximum Gasteiger partial charge on any atom is 0.234 e. The van der Waals surface area contributed by atoms with E-state index in [4.69, 9.17) is 0 Å². The summed E-state index contributed by atoms with van der Waals surface area (Å²) in [6, 6.07) is 12.0. The summed E-state index contributed by atoms with van der Waals surface area (Å²) in [7, 11) is 4.01. The summed E-state index contributed by atoms with van der Waals surface area (Å²) < 4.78 is 28.9. The molecule has 1 heterocycles. The van der Waals surface area contributed by atoms with Crippen LogP contribution < -0.4 is 10.2 Å². The van der Waals surface area contributed by atoms with Gasteiger partial charge in [-0.3, -0.25) is 9.36 Å². The number of aromatic nitrogens is 3. The average Bonchev–Trinajstić information content (AvgIpc) is 3.12. The van der Waals surface area contributed by atoms with Gasteiger partial charge in [0, 0.05) is 5.69 Å². The lowest BCUT2D eigenvalue weighted by Crippen LogP contribution is -3.05. The molecule has 0 aliphatic heterocycles. The van der Waals surface area contributed by atoms with Crippen molar-refractivity contribution in [3.8, 4) is 5.69 Å². The molecule has 152 valence electrons. The maximum atomic E-state index is 13.7. The summed E-state index contributed by atoms with van der Waals surface area (Å²) in [6.07, 6.45) is 0. The number of nitrogens with zero attached hydrogens (tertiary/aromatic N) is 3. The Morgan fingerprint density at radius 3 is 2.48 bits per heavy atom. The molecular formula is C20H22F2N5OS+. The van der Waals surface area contributed by atoms with E-state index in [0.29, 0.717) is 16.7 Å². The topological polar surface area (TPSA) is 64.2 Å². The van der Waals surface area contributed by atoms with Crippen molar-refractivity contribution in [1.29, 1.82) is 0 Å². The largest absolute Gasteiger partial charge is 0.331 e. The molecule has 3 aromatic rings. The first-order valence-corrected chi connectivity index (χ1v) is 10.0. The molecule has 0 aliphatic rings. The molecule has 0 saturated carbocycles. The van der Waals surface area contributed by atoms with Gasteiger partial charge in [0.25, 0.3) is 0 Å². The fourth-order valence-electron chi connectivity index (χ4n) is 2.63. The average molecular weight is 418 g/mol. The Bertz CT molecular complexity index is 991. The summed E-state index contributed by atoms with van der Waals surface area (Å²) >= 11 is 1.18. The Kier molecular flexibility index (Phi) is 6.60.